The Balaban J connectivity index is 2.16. The molecule has 0 aliphatic carbocycles. The van der Waals surface area contributed by atoms with Crippen molar-refractivity contribution in [1.82, 2.24) is 19.8 Å². The Kier molecular flexibility index (Phi) is 4.42. The molecule has 0 saturated heterocycles. The molecule has 1 N–H and O–H groups in total. The van der Waals surface area contributed by atoms with Gasteiger partial charge in [-0.1, -0.05) is 0 Å². The summed E-state index contributed by atoms with van der Waals surface area (Å²) in [6, 6.07) is 0. The highest BCUT2D eigenvalue weighted by atomic mass is 16.3. The summed E-state index contributed by atoms with van der Waals surface area (Å²) in [5, 5.41) is 3.21. The van der Waals surface area contributed by atoms with E-state index in [0.717, 1.165) is 12.1 Å². The Labute approximate surface area is 122 Å². The zero-order valence-electron chi connectivity index (χ0n) is 12.8. The maximum Gasteiger partial charge on any atom is 0.265 e. The van der Waals surface area contributed by atoms with E-state index >= 15 is 0 Å². The fraction of sp³-hybridized carbons (Fsp3) is 0.500. The molecule has 114 valence electrons. The van der Waals surface area contributed by atoms with Gasteiger partial charge in [-0.05, 0) is 27.9 Å². The Morgan fingerprint density at radius 3 is 2.81 bits per heavy atom. The molecule has 0 aromatic carbocycles. The molecule has 21 heavy (non-hydrogen) atoms. The summed E-state index contributed by atoms with van der Waals surface area (Å²) in [5.74, 6) is 0.459. The van der Waals surface area contributed by atoms with Crippen LogP contribution < -0.4 is 10.9 Å². The van der Waals surface area contributed by atoms with Gasteiger partial charge in [-0.25, -0.2) is 4.98 Å². The molecule has 1 amide bonds. The predicted molar refractivity (Wildman–Crippen MR) is 79.3 cm³/mol. The van der Waals surface area contributed by atoms with E-state index in [9.17, 15) is 9.59 Å². The number of likely N-dealkylation sites (N-methyl/N-ethyl adjacent to an activating group) is 1. The van der Waals surface area contributed by atoms with Gasteiger partial charge in [0.05, 0.1) is 0 Å². The van der Waals surface area contributed by atoms with E-state index in [1.54, 1.807) is 6.92 Å². The average Bonchev–Trinajstić information content (AvgIpc) is 2.69. The fourth-order valence-electron chi connectivity index (χ4n) is 2.01. The third kappa shape index (κ3) is 3.30. The molecule has 0 unspecified atom stereocenters. The number of aryl methyl sites for hydroxylation is 2. The topological polar surface area (TPSA) is 80.4 Å². The number of hydrogen-bond donors (Lipinski definition) is 1. The van der Waals surface area contributed by atoms with Gasteiger partial charge in [0.15, 0.2) is 0 Å². The van der Waals surface area contributed by atoms with Crippen LogP contribution >= 0.6 is 0 Å². The smallest absolute Gasteiger partial charge is 0.265 e. The van der Waals surface area contributed by atoms with Crippen LogP contribution in [0, 0.1) is 13.8 Å². The van der Waals surface area contributed by atoms with Crippen LogP contribution in [0.1, 0.15) is 11.3 Å². The summed E-state index contributed by atoms with van der Waals surface area (Å²) in [7, 11) is 3.86. The minimum atomic E-state index is -0.253. The summed E-state index contributed by atoms with van der Waals surface area (Å²) in [6.07, 6.45) is 1.35. The molecule has 0 aliphatic rings. The summed E-state index contributed by atoms with van der Waals surface area (Å²) in [4.78, 5) is 30.2. The number of rotatable bonds is 5. The first-order valence-electron chi connectivity index (χ1n) is 6.76. The van der Waals surface area contributed by atoms with Crippen molar-refractivity contribution in [2.45, 2.75) is 20.4 Å². The van der Waals surface area contributed by atoms with Gasteiger partial charge in [0.1, 0.15) is 24.0 Å². The zero-order valence-corrected chi connectivity index (χ0v) is 12.8. The number of aromatic nitrogens is 2. The minimum absolute atomic E-state index is 0.0428. The summed E-state index contributed by atoms with van der Waals surface area (Å²) in [6.45, 7) is 4.84. The van der Waals surface area contributed by atoms with Crippen LogP contribution in [0.2, 0.25) is 0 Å². The van der Waals surface area contributed by atoms with Gasteiger partial charge >= 0.3 is 0 Å². The van der Waals surface area contributed by atoms with Gasteiger partial charge in [0.25, 0.3) is 5.56 Å². The number of fused-ring (bicyclic) bond motifs is 1. The Morgan fingerprint density at radius 2 is 2.14 bits per heavy atom. The first-order valence-corrected chi connectivity index (χ1v) is 6.76. The molecule has 0 saturated carbocycles. The predicted octanol–water partition coefficient (Wildman–Crippen LogP) is 0.284. The average molecular weight is 292 g/mol. The van der Waals surface area contributed by atoms with E-state index in [-0.39, 0.29) is 18.0 Å². The van der Waals surface area contributed by atoms with Crippen molar-refractivity contribution < 1.29 is 9.21 Å². The largest absolute Gasteiger partial charge is 0.443 e. The molecule has 2 aromatic rings. The zero-order chi connectivity index (χ0) is 15.6. The highest BCUT2D eigenvalue weighted by molar-refractivity contribution is 5.79. The second-order valence-corrected chi connectivity index (χ2v) is 5.29. The highest BCUT2D eigenvalue weighted by Gasteiger charge is 2.14. The molecule has 0 atom stereocenters. The molecular weight excluding hydrogens is 272 g/mol. The van der Waals surface area contributed by atoms with E-state index in [1.165, 1.54) is 10.9 Å². The summed E-state index contributed by atoms with van der Waals surface area (Å²) in [5.41, 5.74) is 0.834. The maximum absolute atomic E-state index is 12.4. The van der Waals surface area contributed by atoms with Gasteiger partial charge in [-0.3, -0.25) is 14.2 Å². The Bertz CT molecular complexity index is 715. The molecule has 7 nitrogen and oxygen atoms in total. The third-order valence-corrected chi connectivity index (χ3v) is 3.35. The highest BCUT2D eigenvalue weighted by Crippen LogP contribution is 2.18. The van der Waals surface area contributed by atoms with E-state index in [4.69, 9.17) is 4.42 Å². The van der Waals surface area contributed by atoms with Gasteiger partial charge in [0.2, 0.25) is 11.6 Å². The normalized spacial score (nSPS) is 11.3. The van der Waals surface area contributed by atoms with Gasteiger partial charge in [0, 0.05) is 18.7 Å². The molecule has 2 rings (SSSR count). The van der Waals surface area contributed by atoms with Gasteiger partial charge in [-0.2, -0.15) is 0 Å². The first-order chi connectivity index (χ1) is 9.90. The monoisotopic (exact) mass is 292 g/mol. The lowest BCUT2D eigenvalue weighted by atomic mass is 10.2. The van der Waals surface area contributed by atoms with E-state index in [2.05, 4.69) is 10.3 Å². The number of nitrogens with one attached hydrogen (secondary N) is 1. The van der Waals surface area contributed by atoms with Crippen LogP contribution in [-0.4, -0.2) is 47.5 Å². The minimum Gasteiger partial charge on any atom is -0.443 e. The number of furan rings is 1. The third-order valence-electron chi connectivity index (χ3n) is 3.35. The number of amides is 1. The molecule has 0 bridgehead atoms. The van der Waals surface area contributed by atoms with Crippen molar-refractivity contribution >= 4 is 17.0 Å². The molecule has 0 aliphatic heterocycles. The van der Waals surface area contributed by atoms with Crippen LogP contribution in [0.4, 0.5) is 0 Å². The van der Waals surface area contributed by atoms with Crippen molar-refractivity contribution in [3.05, 3.63) is 28.0 Å². The maximum atomic E-state index is 12.4. The molecule has 0 fully saturated rings. The van der Waals surface area contributed by atoms with Crippen molar-refractivity contribution in [3.63, 3.8) is 0 Å². The Hall–Kier alpha value is -2.15. The van der Waals surface area contributed by atoms with Crippen LogP contribution in [-0.2, 0) is 11.3 Å². The van der Waals surface area contributed by atoms with E-state index < -0.39 is 0 Å². The van der Waals surface area contributed by atoms with Gasteiger partial charge in [-0.15, -0.1) is 0 Å². The number of carbonyl (C=O) groups is 1. The number of carbonyl (C=O) groups excluding carboxylic acids is 1. The second-order valence-electron chi connectivity index (χ2n) is 5.29. The van der Waals surface area contributed by atoms with E-state index in [1.807, 2.05) is 25.9 Å². The lowest BCUT2D eigenvalue weighted by molar-refractivity contribution is -0.121. The quantitative estimate of drug-likeness (QED) is 0.856. The summed E-state index contributed by atoms with van der Waals surface area (Å²) < 4.78 is 6.70. The Morgan fingerprint density at radius 1 is 1.43 bits per heavy atom. The lowest BCUT2D eigenvalue weighted by Crippen LogP contribution is -2.36. The molecule has 2 heterocycles. The molecule has 2 aromatic heterocycles. The lowest BCUT2D eigenvalue weighted by Gasteiger charge is -2.10. The van der Waals surface area contributed by atoms with Crippen molar-refractivity contribution in [2.75, 3.05) is 27.2 Å². The number of nitrogens with zero attached hydrogens (tertiary/aromatic N) is 3. The van der Waals surface area contributed by atoms with Crippen molar-refractivity contribution in [1.29, 1.82) is 0 Å². The van der Waals surface area contributed by atoms with Crippen LogP contribution in [0.3, 0.4) is 0 Å². The fourth-order valence-corrected chi connectivity index (χ4v) is 2.01. The number of hydrogen-bond acceptors (Lipinski definition) is 5. The molecule has 7 heteroatoms. The van der Waals surface area contributed by atoms with Crippen LogP contribution in [0.15, 0.2) is 15.5 Å². The molecular formula is C14H20N4O3. The summed E-state index contributed by atoms with van der Waals surface area (Å²) >= 11 is 0. The van der Waals surface area contributed by atoms with Crippen LogP contribution in [0.5, 0.6) is 0 Å². The standard InChI is InChI=1S/C14H20N4O3/c1-9-10(2)21-13-12(9)14(20)18(8-16-13)7-11(19)15-5-6-17(3)4/h8H,5-7H2,1-4H3,(H,15,19). The molecule has 0 radical (unpaired) electrons. The van der Waals surface area contributed by atoms with Crippen LogP contribution in [0.25, 0.3) is 11.1 Å². The second kappa shape index (κ2) is 6.09. The first kappa shape index (κ1) is 15.2. The van der Waals surface area contributed by atoms with Gasteiger partial charge < -0.3 is 14.6 Å². The van der Waals surface area contributed by atoms with Crippen molar-refractivity contribution in [2.24, 2.45) is 0 Å². The van der Waals surface area contributed by atoms with E-state index in [0.29, 0.717) is 23.4 Å². The SMILES string of the molecule is Cc1oc2ncn(CC(=O)NCCN(C)C)c(=O)c2c1C. The van der Waals surface area contributed by atoms with Crippen molar-refractivity contribution in [3.8, 4) is 0 Å². The molecule has 0 spiro atoms.